The maximum Gasteiger partial charge on any atom is 0.309 e. The zero-order chi connectivity index (χ0) is 12.8. The van der Waals surface area contributed by atoms with Gasteiger partial charge >= 0.3 is 5.97 Å². The first-order chi connectivity index (χ1) is 8.04. The number of carbonyl (C=O) groups is 1. The lowest BCUT2D eigenvalue weighted by atomic mass is 9.79. The fourth-order valence-corrected chi connectivity index (χ4v) is 2.80. The summed E-state index contributed by atoms with van der Waals surface area (Å²) in [6, 6.07) is 0. The van der Waals surface area contributed by atoms with E-state index < -0.39 is 0 Å². The van der Waals surface area contributed by atoms with Gasteiger partial charge in [0.2, 0.25) is 0 Å². The molecule has 0 aliphatic heterocycles. The standard InChI is InChI=1S/C14H27NO2/c1-10(2)8-11(3)17-14(16)13-7-5-4-6-12(13)9-15/h10-13H,4-9,15H2,1-3H3. The predicted octanol–water partition coefficient (Wildman–Crippen LogP) is 2.73. The Morgan fingerprint density at radius 2 is 1.94 bits per heavy atom. The van der Waals surface area contributed by atoms with Gasteiger partial charge in [-0.05, 0) is 44.6 Å². The maximum absolute atomic E-state index is 12.1. The highest BCUT2D eigenvalue weighted by Gasteiger charge is 2.31. The molecule has 0 bridgehead atoms. The van der Waals surface area contributed by atoms with E-state index in [1.165, 1.54) is 6.42 Å². The minimum absolute atomic E-state index is 0.0201. The molecule has 3 unspecified atom stereocenters. The summed E-state index contributed by atoms with van der Waals surface area (Å²) in [6.45, 7) is 6.89. The summed E-state index contributed by atoms with van der Waals surface area (Å²) in [7, 11) is 0. The van der Waals surface area contributed by atoms with E-state index in [9.17, 15) is 4.79 Å². The second kappa shape index (κ2) is 7.00. The number of hydrogen-bond donors (Lipinski definition) is 1. The molecule has 0 heterocycles. The van der Waals surface area contributed by atoms with Crippen molar-refractivity contribution in [2.75, 3.05) is 6.54 Å². The molecule has 0 radical (unpaired) electrons. The van der Waals surface area contributed by atoms with Crippen LogP contribution in [0.1, 0.15) is 52.9 Å². The normalized spacial score (nSPS) is 26.9. The van der Waals surface area contributed by atoms with Crippen LogP contribution >= 0.6 is 0 Å². The molecular weight excluding hydrogens is 214 g/mol. The third kappa shape index (κ3) is 4.66. The van der Waals surface area contributed by atoms with Crippen molar-refractivity contribution >= 4 is 5.97 Å². The van der Waals surface area contributed by atoms with Crippen LogP contribution in [0.2, 0.25) is 0 Å². The van der Waals surface area contributed by atoms with Gasteiger partial charge in [0.05, 0.1) is 12.0 Å². The molecule has 3 nitrogen and oxygen atoms in total. The van der Waals surface area contributed by atoms with Crippen molar-refractivity contribution in [3.63, 3.8) is 0 Å². The van der Waals surface area contributed by atoms with Gasteiger partial charge in [0.15, 0.2) is 0 Å². The van der Waals surface area contributed by atoms with Crippen LogP contribution in [-0.4, -0.2) is 18.6 Å². The lowest BCUT2D eigenvalue weighted by molar-refractivity contribution is -0.157. The average molecular weight is 241 g/mol. The molecule has 0 saturated heterocycles. The molecule has 1 saturated carbocycles. The van der Waals surface area contributed by atoms with Gasteiger partial charge in [-0.25, -0.2) is 0 Å². The smallest absolute Gasteiger partial charge is 0.309 e. The van der Waals surface area contributed by atoms with Crippen LogP contribution in [-0.2, 0) is 9.53 Å². The summed E-state index contributed by atoms with van der Waals surface area (Å²) in [5, 5.41) is 0. The van der Waals surface area contributed by atoms with Crippen molar-refractivity contribution in [1.29, 1.82) is 0 Å². The molecule has 0 spiro atoms. The van der Waals surface area contributed by atoms with Gasteiger partial charge in [-0.3, -0.25) is 4.79 Å². The number of nitrogens with two attached hydrogens (primary N) is 1. The summed E-state index contributed by atoms with van der Waals surface area (Å²) in [5.74, 6) is 0.925. The molecule has 17 heavy (non-hydrogen) atoms. The van der Waals surface area contributed by atoms with Crippen LogP contribution in [0.5, 0.6) is 0 Å². The summed E-state index contributed by atoms with van der Waals surface area (Å²) in [4.78, 5) is 12.1. The van der Waals surface area contributed by atoms with Crippen molar-refractivity contribution in [3.05, 3.63) is 0 Å². The molecule has 1 fully saturated rings. The quantitative estimate of drug-likeness (QED) is 0.753. The van der Waals surface area contributed by atoms with E-state index in [2.05, 4.69) is 13.8 Å². The zero-order valence-corrected chi connectivity index (χ0v) is 11.4. The van der Waals surface area contributed by atoms with Crippen LogP contribution < -0.4 is 5.73 Å². The third-order valence-electron chi connectivity index (χ3n) is 3.64. The lowest BCUT2D eigenvalue weighted by Gasteiger charge is -2.30. The molecular formula is C14H27NO2. The molecule has 1 rings (SSSR count). The maximum atomic E-state index is 12.1. The third-order valence-corrected chi connectivity index (χ3v) is 3.64. The van der Waals surface area contributed by atoms with E-state index in [1.807, 2.05) is 6.92 Å². The van der Waals surface area contributed by atoms with Crippen LogP contribution in [0.3, 0.4) is 0 Å². The highest BCUT2D eigenvalue weighted by atomic mass is 16.5. The van der Waals surface area contributed by atoms with Gasteiger partial charge in [-0.1, -0.05) is 26.7 Å². The first kappa shape index (κ1) is 14.5. The van der Waals surface area contributed by atoms with Crippen LogP contribution in [0.25, 0.3) is 0 Å². The van der Waals surface area contributed by atoms with Crippen LogP contribution in [0.15, 0.2) is 0 Å². The van der Waals surface area contributed by atoms with E-state index in [0.717, 1.165) is 25.7 Å². The number of carbonyl (C=O) groups excluding carboxylic acids is 1. The van der Waals surface area contributed by atoms with Crippen LogP contribution in [0.4, 0.5) is 0 Å². The Kier molecular flexibility index (Phi) is 5.96. The summed E-state index contributed by atoms with van der Waals surface area (Å²) in [6.07, 6.45) is 5.33. The van der Waals surface area contributed by atoms with Crippen molar-refractivity contribution in [3.8, 4) is 0 Å². The Morgan fingerprint density at radius 3 is 2.53 bits per heavy atom. The highest BCUT2D eigenvalue weighted by Crippen LogP contribution is 2.30. The fraction of sp³-hybridized carbons (Fsp3) is 0.929. The molecule has 1 aliphatic rings. The topological polar surface area (TPSA) is 52.3 Å². The Bertz CT molecular complexity index is 240. The van der Waals surface area contributed by atoms with E-state index in [1.54, 1.807) is 0 Å². The van der Waals surface area contributed by atoms with Gasteiger partial charge in [-0.2, -0.15) is 0 Å². The monoisotopic (exact) mass is 241 g/mol. The molecule has 3 heteroatoms. The second-order valence-electron chi connectivity index (χ2n) is 5.76. The van der Waals surface area contributed by atoms with Gasteiger partial charge in [0.25, 0.3) is 0 Å². The molecule has 1 aliphatic carbocycles. The zero-order valence-electron chi connectivity index (χ0n) is 11.4. The highest BCUT2D eigenvalue weighted by molar-refractivity contribution is 5.73. The van der Waals surface area contributed by atoms with E-state index in [4.69, 9.17) is 10.5 Å². The molecule has 0 amide bonds. The van der Waals surface area contributed by atoms with E-state index in [0.29, 0.717) is 18.4 Å². The lowest BCUT2D eigenvalue weighted by Crippen LogP contribution is -2.35. The number of ether oxygens (including phenoxy) is 1. The minimum atomic E-state index is -0.0201. The molecule has 0 aromatic carbocycles. The number of rotatable bonds is 5. The SMILES string of the molecule is CC(C)CC(C)OC(=O)C1CCCCC1CN. The first-order valence-corrected chi connectivity index (χ1v) is 6.95. The van der Waals surface area contributed by atoms with Crippen molar-refractivity contribution in [1.82, 2.24) is 0 Å². The van der Waals surface area contributed by atoms with E-state index in [-0.39, 0.29) is 18.0 Å². The second-order valence-corrected chi connectivity index (χ2v) is 5.76. The molecule has 3 atom stereocenters. The van der Waals surface area contributed by atoms with E-state index >= 15 is 0 Å². The Labute approximate surface area is 105 Å². The summed E-state index contributed by atoms with van der Waals surface area (Å²) in [5.41, 5.74) is 5.74. The largest absolute Gasteiger partial charge is 0.462 e. The summed E-state index contributed by atoms with van der Waals surface area (Å²) < 4.78 is 5.54. The predicted molar refractivity (Wildman–Crippen MR) is 69.5 cm³/mol. The number of hydrogen-bond acceptors (Lipinski definition) is 3. The van der Waals surface area contributed by atoms with Gasteiger partial charge in [0, 0.05) is 0 Å². The van der Waals surface area contributed by atoms with Crippen molar-refractivity contribution in [2.45, 2.75) is 59.0 Å². The van der Waals surface area contributed by atoms with Gasteiger partial charge < -0.3 is 10.5 Å². The minimum Gasteiger partial charge on any atom is -0.462 e. The first-order valence-electron chi connectivity index (χ1n) is 6.95. The number of esters is 1. The van der Waals surface area contributed by atoms with Gasteiger partial charge in [0.1, 0.15) is 0 Å². The molecule has 100 valence electrons. The summed E-state index contributed by atoms with van der Waals surface area (Å²) >= 11 is 0. The Hall–Kier alpha value is -0.570. The molecule has 0 aromatic rings. The van der Waals surface area contributed by atoms with Crippen molar-refractivity contribution < 1.29 is 9.53 Å². The van der Waals surface area contributed by atoms with Crippen LogP contribution in [0, 0.1) is 17.8 Å². The van der Waals surface area contributed by atoms with Crippen molar-refractivity contribution in [2.24, 2.45) is 23.5 Å². The molecule has 2 N–H and O–H groups in total. The average Bonchev–Trinajstić information content (AvgIpc) is 2.27. The fourth-order valence-electron chi connectivity index (χ4n) is 2.80. The Morgan fingerprint density at radius 1 is 1.29 bits per heavy atom. The molecule has 0 aromatic heterocycles. The van der Waals surface area contributed by atoms with Gasteiger partial charge in [-0.15, -0.1) is 0 Å². The Balaban J connectivity index is 2.44.